The van der Waals surface area contributed by atoms with Gasteiger partial charge in [-0.1, -0.05) is 38.1 Å². The summed E-state index contributed by atoms with van der Waals surface area (Å²) in [7, 11) is 0. The molecule has 4 heteroatoms. The van der Waals surface area contributed by atoms with Gasteiger partial charge in [-0.3, -0.25) is 0 Å². The van der Waals surface area contributed by atoms with Crippen LogP contribution in [0, 0.1) is 11.6 Å². The van der Waals surface area contributed by atoms with E-state index in [1.165, 1.54) is 11.6 Å². The van der Waals surface area contributed by atoms with Crippen molar-refractivity contribution in [3.8, 4) is 0 Å². The largest absolute Gasteiger partial charge is 0.378 e. The summed E-state index contributed by atoms with van der Waals surface area (Å²) in [5.74, 6) is -0.711. The van der Waals surface area contributed by atoms with Crippen LogP contribution in [0.25, 0.3) is 0 Å². The van der Waals surface area contributed by atoms with Crippen molar-refractivity contribution in [2.75, 3.05) is 5.32 Å². The number of hydrogen-bond acceptors (Lipinski definition) is 1. The van der Waals surface area contributed by atoms with Gasteiger partial charge in [0.15, 0.2) is 0 Å². The molecule has 0 heterocycles. The van der Waals surface area contributed by atoms with Crippen LogP contribution in [-0.2, 0) is 6.54 Å². The molecule has 0 bridgehead atoms. The summed E-state index contributed by atoms with van der Waals surface area (Å²) in [4.78, 5) is 0. The van der Waals surface area contributed by atoms with E-state index in [-0.39, 0.29) is 5.69 Å². The van der Waals surface area contributed by atoms with Crippen LogP contribution < -0.4 is 5.32 Å². The first kappa shape index (κ1) is 15.0. The molecule has 0 aromatic heterocycles. The van der Waals surface area contributed by atoms with Crippen LogP contribution in [0.5, 0.6) is 0 Å². The molecular formula is C16H16BrF2N. The normalized spacial score (nSPS) is 10.9. The van der Waals surface area contributed by atoms with Gasteiger partial charge in [0.25, 0.3) is 0 Å². The molecule has 2 aromatic rings. The van der Waals surface area contributed by atoms with Gasteiger partial charge in [-0.15, -0.1) is 0 Å². The highest BCUT2D eigenvalue weighted by atomic mass is 79.9. The van der Waals surface area contributed by atoms with E-state index in [4.69, 9.17) is 0 Å². The van der Waals surface area contributed by atoms with Crippen molar-refractivity contribution in [3.63, 3.8) is 0 Å². The number of anilines is 1. The second-order valence-corrected chi connectivity index (χ2v) is 5.85. The number of rotatable bonds is 4. The highest BCUT2D eigenvalue weighted by molar-refractivity contribution is 9.10. The van der Waals surface area contributed by atoms with E-state index < -0.39 is 11.6 Å². The Morgan fingerprint density at radius 3 is 2.30 bits per heavy atom. The maximum atomic E-state index is 13.7. The lowest BCUT2D eigenvalue weighted by molar-refractivity contribution is 0.583. The molecule has 2 aromatic carbocycles. The summed E-state index contributed by atoms with van der Waals surface area (Å²) in [5.41, 5.74) is 2.59. The zero-order chi connectivity index (χ0) is 14.7. The molecule has 0 aliphatic carbocycles. The lowest BCUT2D eigenvalue weighted by atomic mass is 10.0. The molecule has 0 saturated carbocycles. The van der Waals surface area contributed by atoms with Crippen molar-refractivity contribution in [1.29, 1.82) is 0 Å². The standard InChI is InChI=1S/C16H16BrF2N/c1-10(2)12-5-3-11(4-6-12)9-20-16-14(17)7-13(18)8-15(16)19/h3-8,10,20H,9H2,1-2H3. The Morgan fingerprint density at radius 1 is 1.10 bits per heavy atom. The third-order valence-electron chi connectivity index (χ3n) is 3.12. The van der Waals surface area contributed by atoms with Gasteiger partial charge in [0.05, 0.1) is 5.69 Å². The van der Waals surface area contributed by atoms with E-state index in [9.17, 15) is 8.78 Å². The number of benzene rings is 2. The van der Waals surface area contributed by atoms with Crippen molar-refractivity contribution in [3.05, 3.63) is 63.6 Å². The molecule has 106 valence electrons. The quantitative estimate of drug-likeness (QED) is 0.779. The van der Waals surface area contributed by atoms with Crippen LogP contribution >= 0.6 is 15.9 Å². The van der Waals surface area contributed by atoms with Crippen molar-refractivity contribution in [2.24, 2.45) is 0 Å². The molecular weight excluding hydrogens is 324 g/mol. The Labute approximate surface area is 126 Å². The first-order valence-electron chi connectivity index (χ1n) is 6.44. The highest BCUT2D eigenvalue weighted by Crippen LogP contribution is 2.27. The van der Waals surface area contributed by atoms with E-state index >= 15 is 0 Å². The summed E-state index contributed by atoms with van der Waals surface area (Å²) >= 11 is 3.16. The fourth-order valence-electron chi connectivity index (χ4n) is 1.92. The van der Waals surface area contributed by atoms with Crippen molar-refractivity contribution >= 4 is 21.6 Å². The maximum absolute atomic E-state index is 13.7. The molecule has 0 aliphatic rings. The molecule has 0 atom stereocenters. The van der Waals surface area contributed by atoms with Crippen LogP contribution in [-0.4, -0.2) is 0 Å². The molecule has 0 fully saturated rings. The summed E-state index contributed by atoms with van der Waals surface area (Å²) in [6, 6.07) is 10.3. The summed E-state index contributed by atoms with van der Waals surface area (Å²) in [5, 5.41) is 2.98. The average Bonchev–Trinajstić information content (AvgIpc) is 2.38. The lowest BCUT2D eigenvalue weighted by Gasteiger charge is -2.11. The minimum Gasteiger partial charge on any atom is -0.378 e. The molecule has 0 amide bonds. The first-order valence-corrected chi connectivity index (χ1v) is 7.24. The van der Waals surface area contributed by atoms with Crippen LogP contribution in [0.1, 0.15) is 30.9 Å². The third kappa shape index (κ3) is 3.57. The summed E-state index contributed by atoms with van der Waals surface area (Å²) in [6.45, 7) is 4.76. The molecule has 0 unspecified atom stereocenters. The fourth-order valence-corrected chi connectivity index (χ4v) is 2.47. The second-order valence-electron chi connectivity index (χ2n) is 4.99. The van der Waals surface area contributed by atoms with Gasteiger partial charge >= 0.3 is 0 Å². The second kappa shape index (κ2) is 6.35. The SMILES string of the molecule is CC(C)c1ccc(CNc2c(F)cc(F)cc2Br)cc1. The van der Waals surface area contributed by atoms with Crippen molar-refractivity contribution in [1.82, 2.24) is 0 Å². The number of hydrogen-bond donors (Lipinski definition) is 1. The fraction of sp³-hybridized carbons (Fsp3) is 0.250. The van der Waals surface area contributed by atoms with Gasteiger partial charge < -0.3 is 5.32 Å². The Kier molecular flexibility index (Phi) is 4.76. The molecule has 20 heavy (non-hydrogen) atoms. The zero-order valence-electron chi connectivity index (χ0n) is 11.4. The van der Waals surface area contributed by atoms with Crippen molar-refractivity contribution < 1.29 is 8.78 Å². The Hall–Kier alpha value is -1.42. The predicted molar refractivity (Wildman–Crippen MR) is 81.9 cm³/mol. The first-order chi connectivity index (χ1) is 9.47. The Balaban J connectivity index is 2.09. The summed E-state index contributed by atoms with van der Waals surface area (Å²) < 4.78 is 27.0. The van der Waals surface area contributed by atoms with Gasteiger partial charge in [0, 0.05) is 17.1 Å². The molecule has 0 spiro atoms. The van der Waals surface area contributed by atoms with Gasteiger partial charge in [0.1, 0.15) is 11.6 Å². The van der Waals surface area contributed by atoms with E-state index in [1.54, 1.807) is 0 Å². The molecule has 2 rings (SSSR count). The Bertz CT molecular complexity index is 571. The van der Waals surface area contributed by atoms with Crippen LogP contribution in [0.15, 0.2) is 40.9 Å². The van der Waals surface area contributed by atoms with Crippen LogP contribution in [0.3, 0.4) is 0 Å². The smallest absolute Gasteiger partial charge is 0.150 e. The van der Waals surface area contributed by atoms with Crippen molar-refractivity contribution in [2.45, 2.75) is 26.3 Å². The summed E-state index contributed by atoms with van der Waals surface area (Å²) in [6.07, 6.45) is 0. The van der Waals surface area contributed by atoms with Crippen LogP contribution in [0.2, 0.25) is 0 Å². The molecule has 0 aliphatic heterocycles. The van der Waals surface area contributed by atoms with E-state index in [0.717, 1.165) is 11.6 Å². The minimum atomic E-state index is -0.601. The van der Waals surface area contributed by atoms with Gasteiger partial charge in [-0.2, -0.15) is 0 Å². The van der Waals surface area contributed by atoms with E-state index in [0.29, 0.717) is 16.9 Å². The number of halogens is 3. The van der Waals surface area contributed by atoms with Gasteiger partial charge in [-0.25, -0.2) is 8.78 Å². The average molecular weight is 340 g/mol. The molecule has 0 saturated heterocycles. The zero-order valence-corrected chi connectivity index (χ0v) is 13.0. The predicted octanol–water partition coefficient (Wildman–Crippen LogP) is 5.46. The highest BCUT2D eigenvalue weighted by Gasteiger charge is 2.09. The monoisotopic (exact) mass is 339 g/mol. The Morgan fingerprint density at radius 2 is 1.75 bits per heavy atom. The van der Waals surface area contributed by atoms with E-state index in [1.807, 2.05) is 12.1 Å². The van der Waals surface area contributed by atoms with Gasteiger partial charge in [-0.05, 0) is 39.0 Å². The topological polar surface area (TPSA) is 12.0 Å². The van der Waals surface area contributed by atoms with Gasteiger partial charge in [0.2, 0.25) is 0 Å². The third-order valence-corrected chi connectivity index (χ3v) is 3.75. The van der Waals surface area contributed by atoms with Crippen LogP contribution in [0.4, 0.5) is 14.5 Å². The maximum Gasteiger partial charge on any atom is 0.150 e. The number of nitrogens with one attached hydrogen (secondary N) is 1. The van der Waals surface area contributed by atoms with E-state index in [2.05, 4.69) is 47.2 Å². The minimum absolute atomic E-state index is 0.277. The lowest BCUT2D eigenvalue weighted by Crippen LogP contribution is -2.03. The molecule has 0 radical (unpaired) electrons. The molecule has 1 nitrogen and oxygen atoms in total. The molecule has 1 N–H and O–H groups in total.